The third kappa shape index (κ3) is 7.51. The summed E-state index contributed by atoms with van der Waals surface area (Å²) in [7, 11) is 0. The highest BCUT2D eigenvalue weighted by Crippen LogP contribution is 2.46. The van der Waals surface area contributed by atoms with Gasteiger partial charge in [0.2, 0.25) is 0 Å². The molecule has 0 aromatic heterocycles. The molecule has 1 heterocycles. The molecule has 3 fully saturated rings. The summed E-state index contributed by atoms with van der Waals surface area (Å²) in [6, 6.07) is 5.22. The Morgan fingerprint density at radius 3 is 1.69 bits per heavy atom. The van der Waals surface area contributed by atoms with E-state index < -0.39 is 47.1 Å². The van der Waals surface area contributed by atoms with E-state index in [0.717, 1.165) is 49.9 Å². The number of halogens is 7. The van der Waals surface area contributed by atoms with Crippen LogP contribution in [0.15, 0.2) is 36.4 Å². The molecule has 3 aliphatic rings. The van der Waals surface area contributed by atoms with Gasteiger partial charge in [-0.3, -0.25) is 0 Å². The average molecular weight is 605 g/mol. The Bertz CT molecular complexity index is 1160. The molecule has 2 aromatic rings. The molecule has 0 N–H and O–H groups in total. The van der Waals surface area contributed by atoms with Crippen LogP contribution >= 0.6 is 0 Å². The molecule has 2 aliphatic carbocycles. The van der Waals surface area contributed by atoms with Crippen LogP contribution in [0.4, 0.5) is 30.7 Å². The average Bonchev–Trinajstić information content (AvgIpc) is 2.93. The number of rotatable bonds is 7. The van der Waals surface area contributed by atoms with E-state index in [1.54, 1.807) is 0 Å². The molecule has 4 nitrogen and oxygen atoms in total. The van der Waals surface area contributed by atoms with Gasteiger partial charge in [-0.1, -0.05) is 19.1 Å². The lowest BCUT2D eigenvalue weighted by Crippen LogP contribution is -2.40. The second-order valence-corrected chi connectivity index (χ2v) is 11.9. The van der Waals surface area contributed by atoms with Crippen LogP contribution in [-0.2, 0) is 9.47 Å². The fourth-order valence-electron chi connectivity index (χ4n) is 6.65. The van der Waals surface area contributed by atoms with Gasteiger partial charge in [0.05, 0.1) is 24.7 Å². The lowest BCUT2D eigenvalue weighted by atomic mass is 9.69. The molecule has 5 rings (SSSR count). The molecule has 1 saturated heterocycles. The second kappa shape index (κ2) is 12.6. The molecule has 0 radical (unpaired) electrons. The first-order valence-corrected chi connectivity index (χ1v) is 14.5. The first kappa shape index (κ1) is 30.9. The van der Waals surface area contributed by atoms with E-state index in [4.69, 9.17) is 14.2 Å². The Balaban J connectivity index is 1.14. The molecule has 0 atom stereocenters. The fraction of sp³-hybridized carbons (Fsp3) is 0.613. The SMILES string of the molecule is CC1COC(C2CCC(C3CCC(C(F)(F)Oc4cc(F)c(-c5ccc(OC(F)(F)F)cc5)c(F)c4)CC3)CC2)OC1. The van der Waals surface area contributed by atoms with Gasteiger partial charge in [0.25, 0.3) is 0 Å². The number of ether oxygens (including phenoxy) is 4. The molecule has 42 heavy (non-hydrogen) atoms. The van der Waals surface area contributed by atoms with Crippen LogP contribution in [0.1, 0.15) is 58.3 Å². The summed E-state index contributed by atoms with van der Waals surface area (Å²) >= 11 is 0. The normalized spacial score (nSPS) is 29.2. The van der Waals surface area contributed by atoms with Crippen molar-refractivity contribution < 1.29 is 49.7 Å². The number of hydrogen-bond donors (Lipinski definition) is 0. The molecule has 232 valence electrons. The van der Waals surface area contributed by atoms with Gasteiger partial charge in [-0.15, -0.1) is 13.2 Å². The van der Waals surface area contributed by atoms with Gasteiger partial charge in [-0.2, -0.15) is 8.78 Å². The maximum absolute atomic E-state index is 15.1. The highest BCUT2D eigenvalue weighted by Gasteiger charge is 2.45. The van der Waals surface area contributed by atoms with Gasteiger partial charge in [0, 0.05) is 24.0 Å². The zero-order valence-corrected chi connectivity index (χ0v) is 23.3. The Labute approximate surface area is 240 Å². The van der Waals surface area contributed by atoms with Gasteiger partial charge < -0.3 is 18.9 Å². The van der Waals surface area contributed by atoms with Crippen LogP contribution in [0.3, 0.4) is 0 Å². The summed E-state index contributed by atoms with van der Waals surface area (Å²) in [6.07, 6.45) is -2.85. The lowest BCUT2D eigenvalue weighted by Gasteiger charge is -2.41. The van der Waals surface area contributed by atoms with Crippen LogP contribution in [0.25, 0.3) is 11.1 Å². The van der Waals surface area contributed by atoms with Crippen molar-refractivity contribution in [3.63, 3.8) is 0 Å². The summed E-state index contributed by atoms with van der Waals surface area (Å²) in [5, 5.41) is 0. The van der Waals surface area contributed by atoms with Crippen molar-refractivity contribution in [2.75, 3.05) is 13.2 Å². The summed E-state index contributed by atoms with van der Waals surface area (Å²) in [4.78, 5) is 0. The maximum atomic E-state index is 15.1. The largest absolute Gasteiger partial charge is 0.573 e. The van der Waals surface area contributed by atoms with Crippen LogP contribution in [0, 0.1) is 41.2 Å². The molecule has 11 heteroatoms. The zero-order valence-electron chi connectivity index (χ0n) is 23.3. The summed E-state index contributed by atoms with van der Waals surface area (Å²) in [5.74, 6) is -3.04. The molecule has 2 aromatic carbocycles. The van der Waals surface area contributed by atoms with E-state index in [2.05, 4.69) is 11.7 Å². The highest BCUT2D eigenvalue weighted by molar-refractivity contribution is 5.66. The first-order valence-electron chi connectivity index (χ1n) is 14.5. The number of hydrogen-bond acceptors (Lipinski definition) is 4. The van der Waals surface area contributed by atoms with Crippen LogP contribution in [0.5, 0.6) is 11.5 Å². The third-order valence-corrected chi connectivity index (χ3v) is 8.85. The standard InChI is InChI=1S/C31H35F7O4/c1-18-16-39-29(40-17-18)22-4-2-19(3-5-22)20-6-10-23(11-7-20)30(34,35)41-25-14-26(32)28(27(33)15-25)21-8-12-24(13-9-21)42-31(36,37)38/h8-9,12-15,18-20,22-23,29H,2-7,10-11,16-17H2,1H3. The summed E-state index contributed by atoms with van der Waals surface area (Å²) < 4.78 is 117. The van der Waals surface area contributed by atoms with E-state index in [-0.39, 0.29) is 24.7 Å². The smallest absolute Gasteiger partial charge is 0.432 e. The minimum atomic E-state index is -4.92. The Hall–Kier alpha value is -2.53. The van der Waals surface area contributed by atoms with Crippen LogP contribution in [0.2, 0.25) is 0 Å². The fourth-order valence-corrected chi connectivity index (χ4v) is 6.65. The number of alkyl halides is 5. The monoisotopic (exact) mass is 604 g/mol. The van der Waals surface area contributed by atoms with Crippen molar-refractivity contribution in [1.82, 2.24) is 0 Å². The van der Waals surface area contributed by atoms with Crippen molar-refractivity contribution in [1.29, 1.82) is 0 Å². The minimum absolute atomic E-state index is 0.0846. The van der Waals surface area contributed by atoms with Gasteiger partial charge in [0.15, 0.2) is 6.29 Å². The Kier molecular flexibility index (Phi) is 9.27. The van der Waals surface area contributed by atoms with Crippen molar-refractivity contribution in [2.45, 2.75) is 77.1 Å². The highest BCUT2D eigenvalue weighted by atomic mass is 19.4. The quantitative estimate of drug-likeness (QED) is 0.296. The Morgan fingerprint density at radius 2 is 1.17 bits per heavy atom. The molecule has 0 amide bonds. The topological polar surface area (TPSA) is 36.9 Å². The second-order valence-electron chi connectivity index (χ2n) is 11.9. The van der Waals surface area contributed by atoms with E-state index in [0.29, 0.717) is 61.9 Å². The predicted molar refractivity (Wildman–Crippen MR) is 140 cm³/mol. The Morgan fingerprint density at radius 1 is 0.667 bits per heavy atom. The third-order valence-electron chi connectivity index (χ3n) is 8.85. The molecule has 0 unspecified atom stereocenters. The van der Waals surface area contributed by atoms with Crippen LogP contribution in [-0.4, -0.2) is 32.0 Å². The molecule has 0 spiro atoms. The van der Waals surface area contributed by atoms with E-state index >= 15 is 8.78 Å². The summed E-state index contributed by atoms with van der Waals surface area (Å²) in [6.45, 7) is 3.52. The summed E-state index contributed by atoms with van der Waals surface area (Å²) in [5.41, 5.74) is -0.658. The lowest BCUT2D eigenvalue weighted by molar-refractivity contribution is -0.274. The van der Waals surface area contributed by atoms with Crippen molar-refractivity contribution in [3.8, 4) is 22.6 Å². The van der Waals surface area contributed by atoms with Gasteiger partial charge >= 0.3 is 12.5 Å². The van der Waals surface area contributed by atoms with Gasteiger partial charge in [-0.25, -0.2) is 8.78 Å². The van der Waals surface area contributed by atoms with Crippen molar-refractivity contribution in [2.24, 2.45) is 29.6 Å². The first-order chi connectivity index (χ1) is 19.9. The van der Waals surface area contributed by atoms with Gasteiger partial charge in [-0.05, 0) is 80.9 Å². The molecule has 1 aliphatic heterocycles. The van der Waals surface area contributed by atoms with Gasteiger partial charge in [0.1, 0.15) is 23.1 Å². The van der Waals surface area contributed by atoms with Crippen molar-refractivity contribution >= 4 is 0 Å². The van der Waals surface area contributed by atoms with Crippen molar-refractivity contribution in [3.05, 3.63) is 48.0 Å². The molecular weight excluding hydrogens is 569 g/mol. The predicted octanol–water partition coefficient (Wildman–Crippen LogP) is 9.12. The maximum Gasteiger partial charge on any atom is 0.573 e. The molecule has 2 saturated carbocycles. The molecular formula is C31H35F7O4. The number of benzene rings is 2. The zero-order chi connectivity index (χ0) is 30.1. The van der Waals surface area contributed by atoms with E-state index in [9.17, 15) is 22.0 Å². The van der Waals surface area contributed by atoms with E-state index in [1.807, 2.05) is 0 Å². The van der Waals surface area contributed by atoms with Crippen LogP contribution < -0.4 is 9.47 Å². The molecule has 0 bridgehead atoms. The minimum Gasteiger partial charge on any atom is -0.432 e. The van der Waals surface area contributed by atoms with E-state index in [1.165, 1.54) is 0 Å².